The second-order valence-corrected chi connectivity index (χ2v) is 8.92. The van der Waals surface area contributed by atoms with Gasteiger partial charge in [0.25, 0.3) is 0 Å². The Morgan fingerprint density at radius 3 is 2.79 bits per heavy atom. The molecule has 1 N–H and O–H groups in total. The van der Waals surface area contributed by atoms with Crippen LogP contribution in [0.15, 0.2) is 24.4 Å². The van der Waals surface area contributed by atoms with Gasteiger partial charge in [0.05, 0.1) is 23.3 Å². The van der Waals surface area contributed by atoms with Crippen molar-refractivity contribution >= 4 is 28.4 Å². The van der Waals surface area contributed by atoms with Crippen LogP contribution in [-0.4, -0.2) is 60.0 Å². The molecule has 2 aliphatic heterocycles. The molecule has 0 saturated carbocycles. The number of hydrogen-bond acceptors (Lipinski definition) is 4. The Bertz CT molecular complexity index is 825. The van der Waals surface area contributed by atoms with Crippen LogP contribution in [0.3, 0.4) is 0 Å². The van der Waals surface area contributed by atoms with Gasteiger partial charge in [-0.25, -0.2) is 0 Å². The van der Waals surface area contributed by atoms with Crippen molar-refractivity contribution in [1.82, 2.24) is 20.0 Å². The highest BCUT2D eigenvalue weighted by Gasteiger charge is 2.35. The Balaban J connectivity index is 1.32. The Hall–Kier alpha value is -1.63. The van der Waals surface area contributed by atoms with Gasteiger partial charge in [0, 0.05) is 43.5 Å². The van der Waals surface area contributed by atoms with Gasteiger partial charge in [-0.3, -0.25) is 9.48 Å². The number of ether oxygens (including phenoxy) is 1. The van der Waals surface area contributed by atoms with E-state index >= 15 is 0 Å². The van der Waals surface area contributed by atoms with E-state index in [0.717, 1.165) is 50.0 Å². The number of piperidine rings is 1. The van der Waals surface area contributed by atoms with E-state index in [1.807, 2.05) is 22.9 Å². The molecule has 158 valence electrons. The maximum absolute atomic E-state index is 12.6. The van der Waals surface area contributed by atoms with Crippen LogP contribution in [0.5, 0.6) is 0 Å². The zero-order chi connectivity index (χ0) is 20.1. The van der Waals surface area contributed by atoms with E-state index in [0.29, 0.717) is 18.0 Å². The maximum atomic E-state index is 12.6. The average molecular weight is 419 g/mol. The molecule has 0 unspecified atom stereocenters. The van der Waals surface area contributed by atoms with Crippen molar-refractivity contribution in [2.75, 3.05) is 39.4 Å². The number of carbonyl (C=O) groups is 1. The summed E-state index contributed by atoms with van der Waals surface area (Å²) in [5.41, 5.74) is 1.10. The average Bonchev–Trinajstić information content (AvgIpc) is 3.17. The summed E-state index contributed by atoms with van der Waals surface area (Å²) in [4.78, 5) is 15.2. The lowest BCUT2D eigenvalue weighted by molar-refractivity contribution is -0.122. The fourth-order valence-electron chi connectivity index (χ4n) is 4.62. The van der Waals surface area contributed by atoms with Crippen molar-refractivity contribution in [3.8, 4) is 0 Å². The van der Waals surface area contributed by atoms with Gasteiger partial charge in [0.1, 0.15) is 0 Å². The Labute approximate surface area is 177 Å². The summed E-state index contributed by atoms with van der Waals surface area (Å²) < 4.78 is 7.47. The zero-order valence-corrected chi connectivity index (χ0v) is 17.8. The molecule has 0 bridgehead atoms. The first kappa shape index (κ1) is 20.6. The summed E-state index contributed by atoms with van der Waals surface area (Å²) in [5, 5.41) is 9.23. The molecule has 2 aliphatic rings. The number of benzene rings is 1. The Kier molecular flexibility index (Phi) is 6.73. The zero-order valence-electron chi connectivity index (χ0n) is 17.0. The first-order valence-electron chi connectivity index (χ1n) is 10.8. The first-order chi connectivity index (χ1) is 14.2. The number of likely N-dealkylation sites (tertiary alicyclic amines) is 1. The summed E-state index contributed by atoms with van der Waals surface area (Å²) in [5.74, 6) is 0.0835. The van der Waals surface area contributed by atoms with Crippen LogP contribution in [0.25, 0.3) is 10.9 Å². The second-order valence-electron chi connectivity index (χ2n) is 8.52. The number of hydrogen-bond donors (Lipinski definition) is 1. The molecule has 0 aliphatic carbocycles. The third-order valence-electron chi connectivity index (χ3n) is 6.41. The van der Waals surface area contributed by atoms with E-state index in [1.165, 1.54) is 32.4 Å². The van der Waals surface area contributed by atoms with Crippen LogP contribution < -0.4 is 5.32 Å². The number of nitrogens with one attached hydrogen (secondary N) is 1. The first-order valence-corrected chi connectivity index (χ1v) is 11.2. The maximum Gasteiger partial charge on any atom is 0.221 e. The molecule has 7 heteroatoms. The van der Waals surface area contributed by atoms with E-state index in [-0.39, 0.29) is 11.3 Å². The predicted octanol–water partition coefficient (Wildman–Crippen LogP) is 3.48. The van der Waals surface area contributed by atoms with Crippen molar-refractivity contribution in [3.63, 3.8) is 0 Å². The molecule has 2 aromatic rings. The molecule has 6 nitrogen and oxygen atoms in total. The van der Waals surface area contributed by atoms with E-state index in [4.69, 9.17) is 16.3 Å². The SMILES string of the molecule is O=C(CCn1ncc2c(Cl)cccc21)NCC1(CN2CCCCC2)CCOCC1. The number of carbonyl (C=O) groups excluding carboxylic acids is 1. The number of aromatic nitrogens is 2. The third kappa shape index (κ3) is 5.11. The van der Waals surface area contributed by atoms with Crippen molar-refractivity contribution in [1.29, 1.82) is 0 Å². The number of rotatable bonds is 7. The monoisotopic (exact) mass is 418 g/mol. The summed E-state index contributed by atoms with van der Waals surface area (Å²) in [6, 6.07) is 5.76. The highest BCUT2D eigenvalue weighted by atomic mass is 35.5. The lowest BCUT2D eigenvalue weighted by Gasteiger charge is -2.42. The largest absolute Gasteiger partial charge is 0.381 e. The molecule has 1 amide bonds. The van der Waals surface area contributed by atoms with Crippen molar-refractivity contribution in [3.05, 3.63) is 29.4 Å². The minimum absolute atomic E-state index is 0.0835. The van der Waals surface area contributed by atoms with Crippen molar-refractivity contribution < 1.29 is 9.53 Å². The van der Waals surface area contributed by atoms with Crippen molar-refractivity contribution in [2.24, 2.45) is 5.41 Å². The smallest absolute Gasteiger partial charge is 0.221 e. The van der Waals surface area contributed by atoms with Gasteiger partial charge in [-0.2, -0.15) is 5.10 Å². The highest BCUT2D eigenvalue weighted by Crippen LogP contribution is 2.32. The molecular weight excluding hydrogens is 388 g/mol. The quantitative estimate of drug-likeness (QED) is 0.747. The van der Waals surface area contributed by atoms with Gasteiger partial charge in [0.2, 0.25) is 5.91 Å². The normalized spacial score (nSPS) is 20.0. The van der Waals surface area contributed by atoms with Crippen LogP contribution in [-0.2, 0) is 16.1 Å². The molecular formula is C22H31ClN4O2. The van der Waals surface area contributed by atoms with Crippen LogP contribution in [0.2, 0.25) is 5.02 Å². The summed E-state index contributed by atoms with van der Waals surface area (Å²) in [6.45, 7) is 6.32. The number of amides is 1. The van der Waals surface area contributed by atoms with Gasteiger partial charge in [-0.15, -0.1) is 0 Å². The number of halogens is 1. The van der Waals surface area contributed by atoms with Gasteiger partial charge in [-0.05, 0) is 50.9 Å². The van der Waals surface area contributed by atoms with E-state index in [2.05, 4.69) is 15.3 Å². The molecule has 1 aromatic carbocycles. The van der Waals surface area contributed by atoms with E-state index in [1.54, 1.807) is 6.20 Å². The molecule has 2 saturated heterocycles. The van der Waals surface area contributed by atoms with Crippen LogP contribution >= 0.6 is 11.6 Å². The van der Waals surface area contributed by atoms with Gasteiger partial charge < -0.3 is 15.0 Å². The molecule has 0 spiro atoms. The minimum Gasteiger partial charge on any atom is -0.381 e. The lowest BCUT2D eigenvalue weighted by Crippen LogP contribution is -2.49. The Morgan fingerprint density at radius 1 is 1.21 bits per heavy atom. The molecule has 0 radical (unpaired) electrons. The molecule has 0 atom stereocenters. The molecule has 1 aromatic heterocycles. The van der Waals surface area contributed by atoms with Crippen molar-refractivity contribution in [2.45, 2.75) is 45.1 Å². The summed E-state index contributed by atoms with van der Waals surface area (Å²) >= 11 is 6.22. The van der Waals surface area contributed by atoms with Gasteiger partial charge in [0.15, 0.2) is 0 Å². The number of fused-ring (bicyclic) bond motifs is 1. The third-order valence-corrected chi connectivity index (χ3v) is 6.74. The standard InChI is InChI=1S/C22H31ClN4O2/c23-19-5-4-6-20-18(19)15-25-27(20)12-7-21(28)24-16-22(8-13-29-14-9-22)17-26-10-2-1-3-11-26/h4-6,15H,1-3,7-14,16-17H2,(H,24,28). The fourth-order valence-corrected chi connectivity index (χ4v) is 4.83. The van der Waals surface area contributed by atoms with Crippen LogP contribution in [0.1, 0.15) is 38.5 Å². The molecule has 4 rings (SSSR count). The second kappa shape index (κ2) is 9.45. The number of aryl methyl sites for hydroxylation is 1. The molecule has 3 heterocycles. The van der Waals surface area contributed by atoms with E-state index < -0.39 is 0 Å². The fraction of sp³-hybridized carbons (Fsp3) is 0.636. The van der Waals surface area contributed by atoms with Crippen LogP contribution in [0.4, 0.5) is 0 Å². The van der Waals surface area contributed by atoms with E-state index in [9.17, 15) is 4.79 Å². The summed E-state index contributed by atoms with van der Waals surface area (Å²) in [7, 11) is 0. The highest BCUT2D eigenvalue weighted by molar-refractivity contribution is 6.35. The van der Waals surface area contributed by atoms with Crippen LogP contribution in [0, 0.1) is 5.41 Å². The predicted molar refractivity (Wildman–Crippen MR) is 115 cm³/mol. The van der Waals surface area contributed by atoms with Gasteiger partial charge in [-0.1, -0.05) is 24.1 Å². The van der Waals surface area contributed by atoms with Gasteiger partial charge >= 0.3 is 0 Å². The topological polar surface area (TPSA) is 59.4 Å². The molecule has 29 heavy (non-hydrogen) atoms. The Morgan fingerprint density at radius 2 is 2.00 bits per heavy atom. The number of nitrogens with zero attached hydrogens (tertiary/aromatic N) is 3. The minimum atomic E-state index is 0.0835. The molecule has 2 fully saturated rings. The summed E-state index contributed by atoms with van der Waals surface area (Å²) in [6.07, 6.45) is 8.15. The lowest BCUT2D eigenvalue weighted by atomic mass is 9.79.